The third kappa shape index (κ3) is 2.90. The molecule has 19 heavy (non-hydrogen) atoms. The van der Waals surface area contributed by atoms with Crippen LogP contribution in [0.4, 0.5) is 5.69 Å². The SMILES string of the molecule is COc1cc(OC)c(N)c(C(=O)NC2CCOC2)c1. The van der Waals surface area contributed by atoms with Crippen LogP contribution < -0.4 is 20.5 Å². The molecule has 0 spiro atoms. The molecule has 1 aromatic rings. The van der Waals surface area contributed by atoms with E-state index in [1.54, 1.807) is 12.1 Å². The monoisotopic (exact) mass is 266 g/mol. The average molecular weight is 266 g/mol. The number of methoxy groups -OCH3 is 2. The van der Waals surface area contributed by atoms with Crippen LogP contribution in [0.25, 0.3) is 0 Å². The Morgan fingerprint density at radius 1 is 1.42 bits per heavy atom. The predicted octanol–water partition coefficient (Wildman–Crippen LogP) is 0.805. The molecule has 6 heteroatoms. The molecule has 0 saturated carbocycles. The van der Waals surface area contributed by atoms with Crippen LogP contribution in [0.3, 0.4) is 0 Å². The normalized spacial score (nSPS) is 18.1. The third-order valence-corrected chi connectivity index (χ3v) is 3.08. The van der Waals surface area contributed by atoms with Crippen LogP contribution in [-0.4, -0.2) is 39.4 Å². The van der Waals surface area contributed by atoms with E-state index in [1.165, 1.54) is 14.2 Å². The topological polar surface area (TPSA) is 82.8 Å². The number of amides is 1. The van der Waals surface area contributed by atoms with Gasteiger partial charge in [-0.25, -0.2) is 0 Å². The molecular weight excluding hydrogens is 248 g/mol. The van der Waals surface area contributed by atoms with Crippen LogP contribution >= 0.6 is 0 Å². The first kappa shape index (κ1) is 13.5. The summed E-state index contributed by atoms with van der Waals surface area (Å²) in [5.74, 6) is 0.705. The van der Waals surface area contributed by atoms with Gasteiger partial charge in [0.05, 0.1) is 38.1 Å². The number of nitrogen functional groups attached to an aromatic ring is 1. The van der Waals surface area contributed by atoms with Crippen LogP contribution in [-0.2, 0) is 4.74 Å². The van der Waals surface area contributed by atoms with Crippen molar-refractivity contribution in [1.29, 1.82) is 0 Å². The Kier molecular flexibility index (Phi) is 4.11. The Labute approximate surface area is 111 Å². The lowest BCUT2D eigenvalue weighted by molar-refractivity contribution is 0.0930. The van der Waals surface area contributed by atoms with Crippen LogP contribution in [0, 0.1) is 0 Å². The molecule has 0 aliphatic carbocycles. The highest BCUT2D eigenvalue weighted by Crippen LogP contribution is 2.31. The van der Waals surface area contributed by atoms with Crippen molar-refractivity contribution in [2.75, 3.05) is 33.2 Å². The Hall–Kier alpha value is -1.95. The van der Waals surface area contributed by atoms with Gasteiger partial charge in [-0.2, -0.15) is 0 Å². The van der Waals surface area contributed by atoms with E-state index < -0.39 is 0 Å². The fraction of sp³-hybridized carbons (Fsp3) is 0.462. The quantitative estimate of drug-likeness (QED) is 0.788. The van der Waals surface area contributed by atoms with Crippen LogP contribution in [0.2, 0.25) is 0 Å². The third-order valence-electron chi connectivity index (χ3n) is 3.08. The largest absolute Gasteiger partial charge is 0.497 e. The zero-order valence-corrected chi connectivity index (χ0v) is 11.1. The zero-order chi connectivity index (χ0) is 13.8. The second-order valence-corrected chi connectivity index (χ2v) is 4.32. The molecule has 1 aromatic carbocycles. The fourth-order valence-electron chi connectivity index (χ4n) is 1.99. The Morgan fingerprint density at radius 2 is 2.21 bits per heavy atom. The smallest absolute Gasteiger partial charge is 0.253 e. The van der Waals surface area contributed by atoms with Crippen molar-refractivity contribution in [2.45, 2.75) is 12.5 Å². The summed E-state index contributed by atoms with van der Waals surface area (Å²) in [4.78, 5) is 12.2. The van der Waals surface area contributed by atoms with Crippen molar-refractivity contribution in [1.82, 2.24) is 5.32 Å². The van der Waals surface area contributed by atoms with Gasteiger partial charge in [-0.05, 0) is 12.5 Å². The first-order valence-electron chi connectivity index (χ1n) is 6.05. The van der Waals surface area contributed by atoms with Gasteiger partial charge in [0.1, 0.15) is 11.5 Å². The second kappa shape index (κ2) is 5.79. The highest BCUT2D eigenvalue weighted by molar-refractivity contribution is 6.01. The minimum absolute atomic E-state index is 0.0316. The standard InChI is InChI=1S/C13H18N2O4/c1-17-9-5-10(12(14)11(6-9)18-2)13(16)15-8-3-4-19-7-8/h5-6,8H,3-4,7,14H2,1-2H3,(H,15,16). The Balaban J connectivity index is 2.23. The molecule has 104 valence electrons. The van der Waals surface area contributed by atoms with Crippen molar-refractivity contribution in [2.24, 2.45) is 0 Å². The highest BCUT2D eigenvalue weighted by Gasteiger charge is 2.21. The maximum absolute atomic E-state index is 12.2. The molecule has 1 amide bonds. The van der Waals surface area contributed by atoms with Gasteiger partial charge in [-0.15, -0.1) is 0 Å². The van der Waals surface area contributed by atoms with Gasteiger partial charge in [-0.3, -0.25) is 4.79 Å². The molecule has 3 N–H and O–H groups in total. The Bertz CT molecular complexity index is 470. The maximum Gasteiger partial charge on any atom is 0.253 e. The summed E-state index contributed by atoms with van der Waals surface area (Å²) >= 11 is 0. The second-order valence-electron chi connectivity index (χ2n) is 4.32. The summed E-state index contributed by atoms with van der Waals surface area (Å²) in [6, 6.07) is 3.28. The van der Waals surface area contributed by atoms with Gasteiger partial charge in [-0.1, -0.05) is 0 Å². The lowest BCUT2D eigenvalue weighted by Crippen LogP contribution is -2.35. The fourth-order valence-corrected chi connectivity index (χ4v) is 1.99. The van der Waals surface area contributed by atoms with E-state index in [-0.39, 0.29) is 11.9 Å². The summed E-state index contributed by atoms with van der Waals surface area (Å²) in [5, 5.41) is 2.88. The highest BCUT2D eigenvalue weighted by atomic mass is 16.5. The number of anilines is 1. The Morgan fingerprint density at radius 3 is 2.79 bits per heavy atom. The van der Waals surface area contributed by atoms with Crippen molar-refractivity contribution in [3.63, 3.8) is 0 Å². The number of carbonyl (C=O) groups excluding carboxylic acids is 1. The van der Waals surface area contributed by atoms with E-state index in [2.05, 4.69) is 5.32 Å². The summed E-state index contributed by atoms with van der Waals surface area (Å²) in [6.07, 6.45) is 0.812. The summed E-state index contributed by atoms with van der Waals surface area (Å²) in [5.41, 5.74) is 6.58. The molecule has 1 atom stereocenters. The molecule has 1 heterocycles. The van der Waals surface area contributed by atoms with Crippen LogP contribution in [0.5, 0.6) is 11.5 Å². The number of benzene rings is 1. The molecule has 2 rings (SSSR count). The first-order chi connectivity index (χ1) is 9.15. The molecule has 1 aliphatic rings. The number of hydrogen-bond donors (Lipinski definition) is 2. The van der Waals surface area contributed by atoms with Gasteiger partial charge >= 0.3 is 0 Å². The van der Waals surface area contributed by atoms with E-state index in [0.29, 0.717) is 36.0 Å². The van der Waals surface area contributed by atoms with Gasteiger partial charge in [0.15, 0.2) is 0 Å². The number of hydrogen-bond acceptors (Lipinski definition) is 5. The van der Waals surface area contributed by atoms with Gasteiger partial charge < -0.3 is 25.3 Å². The van der Waals surface area contributed by atoms with Crippen molar-refractivity contribution < 1.29 is 19.0 Å². The van der Waals surface area contributed by atoms with E-state index in [1.807, 2.05) is 0 Å². The number of ether oxygens (including phenoxy) is 3. The molecule has 1 fully saturated rings. The maximum atomic E-state index is 12.2. The number of rotatable bonds is 4. The first-order valence-corrected chi connectivity index (χ1v) is 6.05. The van der Waals surface area contributed by atoms with Gasteiger partial charge in [0.2, 0.25) is 0 Å². The summed E-state index contributed by atoms with van der Waals surface area (Å²) in [6.45, 7) is 1.20. The molecule has 0 radical (unpaired) electrons. The average Bonchev–Trinajstić information content (AvgIpc) is 2.91. The molecule has 0 bridgehead atoms. The molecule has 1 aliphatic heterocycles. The van der Waals surface area contributed by atoms with E-state index in [9.17, 15) is 4.79 Å². The zero-order valence-electron chi connectivity index (χ0n) is 11.1. The lowest BCUT2D eigenvalue weighted by Gasteiger charge is -2.15. The van der Waals surface area contributed by atoms with Crippen molar-refractivity contribution >= 4 is 11.6 Å². The summed E-state index contributed by atoms with van der Waals surface area (Å²) < 4.78 is 15.5. The predicted molar refractivity (Wildman–Crippen MR) is 70.6 cm³/mol. The number of carbonyl (C=O) groups is 1. The summed E-state index contributed by atoms with van der Waals surface area (Å²) in [7, 11) is 3.02. The molecule has 0 aromatic heterocycles. The number of nitrogens with one attached hydrogen (secondary N) is 1. The van der Waals surface area contributed by atoms with Gasteiger partial charge in [0.25, 0.3) is 5.91 Å². The van der Waals surface area contributed by atoms with Gasteiger partial charge in [0, 0.05) is 12.7 Å². The molecule has 1 unspecified atom stereocenters. The lowest BCUT2D eigenvalue weighted by atomic mass is 10.1. The minimum Gasteiger partial charge on any atom is -0.497 e. The van der Waals surface area contributed by atoms with E-state index >= 15 is 0 Å². The minimum atomic E-state index is -0.245. The van der Waals surface area contributed by atoms with E-state index in [4.69, 9.17) is 19.9 Å². The molecular formula is C13H18N2O4. The van der Waals surface area contributed by atoms with E-state index in [0.717, 1.165) is 6.42 Å². The van der Waals surface area contributed by atoms with Crippen molar-refractivity contribution in [3.05, 3.63) is 17.7 Å². The van der Waals surface area contributed by atoms with Crippen molar-refractivity contribution in [3.8, 4) is 11.5 Å². The van der Waals surface area contributed by atoms with Crippen LogP contribution in [0.1, 0.15) is 16.8 Å². The molecule has 6 nitrogen and oxygen atoms in total. The van der Waals surface area contributed by atoms with Crippen LogP contribution in [0.15, 0.2) is 12.1 Å². The number of nitrogens with two attached hydrogens (primary N) is 1. The molecule has 1 saturated heterocycles.